The van der Waals surface area contributed by atoms with E-state index >= 15 is 8.78 Å². The van der Waals surface area contributed by atoms with E-state index in [4.69, 9.17) is 0 Å². The van der Waals surface area contributed by atoms with Gasteiger partial charge in [-0.3, -0.25) is 9.78 Å². The van der Waals surface area contributed by atoms with Crippen LogP contribution in [0.25, 0.3) is 11.3 Å². The summed E-state index contributed by atoms with van der Waals surface area (Å²) in [6.45, 7) is 3.44. The summed E-state index contributed by atoms with van der Waals surface area (Å²) in [5.74, 6) is -4.34. The molecule has 1 aromatic carbocycles. The van der Waals surface area contributed by atoms with E-state index in [2.05, 4.69) is 15.3 Å². The first kappa shape index (κ1) is 28.2. The minimum absolute atomic E-state index is 0.0887. The average Bonchev–Trinajstić information content (AvgIpc) is 3.36. The third-order valence-electron chi connectivity index (χ3n) is 8.69. The number of aliphatic hydroxyl groups is 3. The second-order valence-electron chi connectivity index (χ2n) is 11.3. The zero-order chi connectivity index (χ0) is 28.8. The summed E-state index contributed by atoms with van der Waals surface area (Å²) in [6, 6.07) is 5.74. The van der Waals surface area contributed by atoms with Gasteiger partial charge in [0.2, 0.25) is 0 Å². The van der Waals surface area contributed by atoms with Gasteiger partial charge >= 0.3 is 0 Å². The van der Waals surface area contributed by atoms with Gasteiger partial charge in [0.15, 0.2) is 0 Å². The largest absolute Gasteiger partial charge is 0.390 e. The molecule has 0 saturated heterocycles. The van der Waals surface area contributed by atoms with Gasteiger partial charge in [0.1, 0.15) is 28.8 Å². The maximum Gasteiger partial charge on any atom is 0.274 e. The Balaban J connectivity index is 1.43. The van der Waals surface area contributed by atoms with Crippen molar-refractivity contribution in [1.29, 1.82) is 0 Å². The third-order valence-corrected chi connectivity index (χ3v) is 8.69. The molecular weight excluding hydrogens is 523 g/mol. The van der Waals surface area contributed by atoms with Crippen LogP contribution in [-0.2, 0) is 5.60 Å². The molecule has 2 fully saturated rings. The third kappa shape index (κ3) is 5.11. The number of hydrogen-bond acceptors (Lipinski definition) is 6. The maximum absolute atomic E-state index is 15.2. The Labute approximate surface area is 230 Å². The molecule has 2 aliphatic rings. The first-order valence-corrected chi connectivity index (χ1v) is 13.4. The number of hydrogen-bond donors (Lipinski definition) is 4. The molecule has 4 atom stereocenters. The summed E-state index contributed by atoms with van der Waals surface area (Å²) in [5, 5.41) is 34.5. The van der Waals surface area contributed by atoms with Crippen LogP contribution in [0.15, 0.2) is 42.7 Å². The van der Waals surface area contributed by atoms with Crippen molar-refractivity contribution in [1.82, 2.24) is 9.97 Å². The Kier molecular flexibility index (Phi) is 7.45. The number of amides is 1. The highest BCUT2D eigenvalue weighted by molar-refractivity contribution is 6.03. The molecule has 5 rings (SSSR count). The van der Waals surface area contributed by atoms with Gasteiger partial charge in [0, 0.05) is 6.20 Å². The number of anilines is 1. The molecule has 0 bridgehead atoms. The minimum Gasteiger partial charge on any atom is -0.390 e. The molecule has 2 aromatic heterocycles. The Hall–Kier alpha value is -3.34. The van der Waals surface area contributed by atoms with Crippen molar-refractivity contribution in [3.8, 4) is 11.3 Å². The molecular formula is C30H32F3N3O4. The van der Waals surface area contributed by atoms with E-state index in [9.17, 15) is 24.5 Å². The van der Waals surface area contributed by atoms with Crippen LogP contribution < -0.4 is 5.32 Å². The molecule has 2 saturated carbocycles. The first-order valence-electron chi connectivity index (χ1n) is 13.4. The summed E-state index contributed by atoms with van der Waals surface area (Å²) in [5.41, 5.74) is -3.10. The molecule has 1 amide bonds. The van der Waals surface area contributed by atoms with E-state index in [0.717, 1.165) is 37.1 Å². The van der Waals surface area contributed by atoms with Crippen LogP contribution >= 0.6 is 0 Å². The van der Waals surface area contributed by atoms with Crippen molar-refractivity contribution in [2.24, 2.45) is 5.92 Å². The quantitative estimate of drug-likeness (QED) is 0.344. The number of carbonyl (C=O) groups is 1. The average molecular weight is 556 g/mol. The Morgan fingerprint density at radius 2 is 1.70 bits per heavy atom. The number of aromatic nitrogens is 2. The highest BCUT2D eigenvalue weighted by Crippen LogP contribution is 2.44. The first-order chi connectivity index (χ1) is 18.9. The molecule has 0 spiro atoms. The van der Waals surface area contributed by atoms with E-state index in [-0.39, 0.29) is 29.5 Å². The molecule has 3 aromatic rings. The minimum atomic E-state index is -1.34. The van der Waals surface area contributed by atoms with Crippen molar-refractivity contribution >= 4 is 11.6 Å². The van der Waals surface area contributed by atoms with Gasteiger partial charge in [0.05, 0.1) is 34.8 Å². The standard InChI is InChI=1S/C30H32F3N3O4/c1-16-11-17(12-25(37)29(16,2)39)19-7-10-34-15-24(19)36-28(38)23-6-5-20(31)27(35-23)26-21(32)13-18(14-22(26)33)30(40)8-3-4-9-30/h5-7,10,13-17,25,37,39-40H,3-4,8-9,11-12H2,1-2H3,(H,36,38)/t16-,17+,25+,29+/m1/s1. The second kappa shape index (κ2) is 10.6. The molecule has 7 nitrogen and oxygen atoms in total. The normalized spacial score (nSPS) is 26.1. The number of halogens is 3. The molecule has 0 unspecified atom stereocenters. The van der Waals surface area contributed by atoms with Gasteiger partial charge in [-0.25, -0.2) is 18.2 Å². The van der Waals surface area contributed by atoms with Crippen LogP contribution in [0, 0.1) is 23.4 Å². The molecule has 2 heterocycles. The van der Waals surface area contributed by atoms with Gasteiger partial charge in [0.25, 0.3) is 5.91 Å². The van der Waals surface area contributed by atoms with Gasteiger partial charge in [-0.15, -0.1) is 0 Å². The van der Waals surface area contributed by atoms with Crippen LogP contribution in [0.3, 0.4) is 0 Å². The van der Waals surface area contributed by atoms with Gasteiger partial charge in [-0.05, 0) is 85.9 Å². The van der Waals surface area contributed by atoms with Crippen molar-refractivity contribution in [2.75, 3.05) is 5.32 Å². The van der Waals surface area contributed by atoms with E-state index in [1.807, 2.05) is 6.92 Å². The van der Waals surface area contributed by atoms with E-state index in [1.54, 1.807) is 19.2 Å². The number of nitrogens with one attached hydrogen (secondary N) is 1. The van der Waals surface area contributed by atoms with Gasteiger partial charge in [-0.1, -0.05) is 19.8 Å². The zero-order valence-electron chi connectivity index (χ0n) is 22.3. The number of rotatable bonds is 5. The van der Waals surface area contributed by atoms with Crippen molar-refractivity contribution < 1.29 is 33.3 Å². The molecule has 0 radical (unpaired) electrons. The van der Waals surface area contributed by atoms with E-state index in [0.29, 0.717) is 30.5 Å². The lowest BCUT2D eigenvalue weighted by atomic mass is 9.69. The highest BCUT2D eigenvalue weighted by Gasteiger charge is 2.43. The maximum atomic E-state index is 15.2. The zero-order valence-corrected chi connectivity index (χ0v) is 22.3. The fourth-order valence-electron chi connectivity index (χ4n) is 5.96. The van der Waals surface area contributed by atoms with Gasteiger partial charge in [-0.2, -0.15) is 0 Å². The number of carbonyl (C=O) groups excluding carboxylic acids is 1. The molecule has 10 heteroatoms. The van der Waals surface area contributed by atoms with E-state index in [1.165, 1.54) is 6.20 Å². The monoisotopic (exact) mass is 555 g/mol. The van der Waals surface area contributed by atoms with Crippen molar-refractivity contribution in [3.63, 3.8) is 0 Å². The smallest absolute Gasteiger partial charge is 0.274 e. The number of nitrogens with zero attached hydrogens (tertiary/aromatic N) is 2. The lowest BCUT2D eigenvalue weighted by Gasteiger charge is -2.43. The predicted octanol–water partition coefficient (Wildman–Crippen LogP) is 5.20. The molecule has 40 heavy (non-hydrogen) atoms. The van der Waals surface area contributed by atoms with Crippen LogP contribution in [0.4, 0.5) is 18.9 Å². The SMILES string of the molecule is C[C@@H]1C[C@H](c2ccncc2NC(=O)c2ccc(F)c(-c3c(F)cc(C4(O)CCCC4)cc3F)n2)C[C@H](O)[C@@]1(C)O. The molecule has 4 N–H and O–H groups in total. The summed E-state index contributed by atoms with van der Waals surface area (Å²) in [4.78, 5) is 21.2. The molecule has 2 aliphatic carbocycles. The fourth-order valence-corrected chi connectivity index (χ4v) is 5.96. The predicted molar refractivity (Wildman–Crippen MR) is 142 cm³/mol. The Morgan fingerprint density at radius 1 is 1.02 bits per heavy atom. The van der Waals surface area contributed by atoms with Crippen LogP contribution in [0.2, 0.25) is 0 Å². The van der Waals surface area contributed by atoms with Crippen LogP contribution in [0.1, 0.15) is 79.9 Å². The number of benzene rings is 1. The second-order valence-corrected chi connectivity index (χ2v) is 11.3. The summed E-state index contributed by atoms with van der Waals surface area (Å²) < 4.78 is 45.1. The van der Waals surface area contributed by atoms with E-state index < -0.39 is 51.9 Å². The lowest BCUT2D eigenvalue weighted by Crippen LogP contribution is -2.49. The van der Waals surface area contributed by atoms with Crippen LogP contribution in [0.5, 0.6) is 0 Å². The Bertz CT molecular complexity index is 1400. The van der Waals surface area contributed by atoms with Crippen LogP contribution in [-0.4, -0.2) is 42.9 Å². The molecule has 0 aliphatic heterocycles. The summed E-state index contributed by atoms with van der Waals surface area (Å²) in [7, 11) is 0. The number of aliphatic hydroxyl groups excluding tert-OH is 1. The summed E-state index contributed by atoms with van der Waals surface area (Å²) >= 11 is 0. The highest BCUT2D eigenvalue weighted by atomic mass is 19.1. The summed E-state index contributed by atoms with van der Waals surface area (Å²) in [6.07, 6.45) is 5.07. The lowest BCUT2D eigenvalue weighted by molar-refractivity contribution is -0.123. The molecule has 212 valence electrons. The van der Waals surface area contributed by atoms with Gasteiger partial charge < -0.3 is 20.6 Å². The number of pyridine rings is 2. The fraction of sp³-hybridized carbons (Fsp3) is 0.433. The topological polar surface area (TPSA) is 116 Å². The Morgan fingerprint density at radius 3 is 2.35 bits per heavy atom. The van der Waals surface area contributed by atoms with Crippen molar-refractivity contribution in [3.05, 3.63) is 77.0 Å². The van der Waals surface area contributed by atoms with Crippen molar-refractivity contribution in [2.45, 2.75) is 75.6 Å².